The predicted octanol–water partition coefficient (Wildman–Crippen LogP) is 0.0886. The number of amides is 2. The summed E-state index contributed by atoms with van der Waals surface area (Å²) in [6.07, 6.45) is 3.41. The van der Waals surface area contributed by atoms with E-state index in [0.29, 0.717) is 19.6 Å². The van der Waals surface area contributed by atoms with E-state index in [0.717, 1.165) is 12.1 Å². The number of hydrogen-bond donors (Lipinski definition) is 2. The number of ether oxygens (including phenoxy) is 2. The lowest BCUT2D eigenvalue weighted by atomic mass is 9.94. The molecule has 0 aromatic heterocycles. The smallest absolute Gasteiger partial charge is 0.319 e. The molecular formula is C9H12N2O3. The van der Waals surface area contributed by atoms with Crippen LogP contribution in [0.25, 0.3) is 0 Å². The maximum Gasteiger partial charge on any atom is 0.319 e. The minimum Gasteiger partial charge on any atom is -0.347 e. The zero-order valence-corrected chi connectivity index (χ0v) is 7.71. The molecule has 3 aliphatic rings. The molecule has 2 aliphatic heterocycles. The zero-order chi connectivity index (χ0) is 9.60. The molecule has 14 heavy (non-hydrogen) atoms. The van der Waals surface area contributed by atoms with E-state index in [9.17, 15) is 4.79 Å². The van der Waals surface area contributed by atoms with Crippen LogP contribution in [0.3, 0.4) is 0 Å². The van der Waals surface area contributed by atoms with Crippen LogP contribution in [0.1, 0.15) is 12.8 Å². The first-order valence-electron chi connectivity index (χ1n) is 4.83. The molecule has 0 saturated carbocycles. The van der Waals surface area contributed by atoms with E-state index in [1.165, 1.54) is 0 Å². The van der Waals surface area contributed by atoms with Crippen molar-refractivity contribution in [1.82, 2.24) is 10.6 Å². The first-order chi connectivity index (χ1) is 6.77. The largest absolute Gasteiger partial charge is 0.347 e. The van der Waals surface area contributed by atoms with E-state index in [1.807, 2.05) is 6.08 Å². The van der Waals surface area contributed by atoms with Crippen molar-refractivity contribution in [1.29, 1.82) is 0 Å². The third-order valence-electron chi connectivity index (χ3n) is 2.90. The van der Waals surface area contributed by atoms with Gasteiger partial charge in [0.2, 0.25) is 0 Å². The lowest BCUT2D eigenvalue weighted by molar-refractivity contribution is -0.164. The van der Waals surface area contributed by atoms with Crippen LogP contribution in [0.4, 0.5) is 4.79 Å². The van der Waals surface area contributed by atoms with Gasteiger partial charge in [-0.1, -0.05) is 6.08 Å². The summed E-state index contributed by atoms with van der Waals surface area (Å²) in [6.45, 7) is 1.30. The molecule has 3 rings (SSSR count). The summed E-state index contributed by atoms with van der Waals surface area (Å²) in [5.74, 6) is -0.479. The van der Waals surface area contributed by atoms with Crippen molar-refractivity contribution >= 4 is 6.03 Å². The van der Waals surface area contributed by atoms with E-state index in [1.54, 1.807) is 0 Å². The Morgan fingerprint density at radius 3 is 3.00 bits per heavy atom. The Labute approximate surface area is 81.4 Å². The quantitative estimate of drug-likeness (QED) is 0.577. The Morgan fingerprint density at radius 2 is 2.21 bits per heavy atom. The molecule has 1 aliphatic carbocycles. The van der Waals surface area contributed by atoms with Crippen molar-refractivity contribution in [3.63, 3.8) is 0 Å². The van der Waals surface area contributed by atoms with Crippen LogP contribution in [0.2, 0.25) is 0 Å². The van der Waals surface area contributed by atoms with Crippen molar-refractivity contribution in [2.45, 2.75) is 24.7 Å². The molecule has 2 amide bonds. The molecule has 2 fully saturated rings. The van der Waals surface area contributed by atoms with Crippen LogP contribution in [-0.4, -0.2) is 31.1 Å². The molecule has 0 radical (unpaired) electrons. The van der Waals surface area contributed by atoms with Gasteiger partial charge in [-0.25, -0.2) is 4.79 Å². The number of carbonyl (C=O) groups is 1. The highest BCUT2D eigenvalue weighted by Crippen LogP contribution is 2.35. The summed E-state index contributed by atoms with van der Waals surface area (Å²) < 4.78 is 11.2. The van der Waals surface area contributed by atoms with Crippen LogP contribution < -0.4 is 10.6 Å². The van der Waals surface area contributed by atoms with E-state index in [4.69, 9.17) is 9.47 Å². The summed E-state index contributed by atoms with van der Waals surface area (Å²) in [5, 5.41) is 5.59. The minimum absolute atomic E-state index is 0.0364. The van der Waals surface area contributed by atoms with Crippen molar-refractivity contribution in [3.8, 4) is 0 Å². The van der Waals surface area contributed by atoms with Gasteiger partial charge in [0.15, 0.2) is 5.79 Å². The molecule has 0 aromatic rings. The van der Waals surface area contributed by atoms with Gasteiger partial charge in [0, 0.05) is 18.5 Å². The molecule has 76 valence electrons. The zero-order valence-electron chi connectivity index (χ0n) is 7.71. The van der Waals surface area contributed by atoms with Gasteiger partial charge >= 0.3 is 6.03 Å². The average molecular weight is 196 g/mol. The molecule has 1 unspecified atom stereocenters. The van der Waals surface area contributed by atoms with E-state index in [2.05, 4.69) is 10.6 Å². The normalized spacial score (nSPS) is 33.6. The summed E-state index contributed by atoms with van der Waals surface area (Å²) in [5.41, 5.74) is 0.958. The molecule has 0 bridgehead atoms. The summed E-state index contributed by atoms with van der Waals surface area (Å²) in [4.78, 5) is 11.1. The SMILES string of the molecule is O=C1NC2=CCC3(CC2N1)OCCO3. The standard InChI is InChI=1S/C9H12N2O3/c12-8-10-6-1-2-9(5-7(6)11-8)13-3-4-14-9/h1,7H,2-5H2,(H2,10,11,12). The van der Waals surface area contributed by atoms with Crippen molar-refractivity contribution in [2.75, 3.05) is 13.2 Å². The number of rotatable bonds is 0. The van der Waals surface area contributed by atoms with Crippen LogP contribution in [-0.2, 0) is 9.47 Å². The van der Waals surface area contributed by atoms with Gasteiger partial charge < -0.3 is 20.1 Å². The highest BCUT2D eigenvalue weighted by molar-refractivity contribution is 5.80. The molecule has 5 nitrogen and oxygen atoms in total. The lowest BCUT2D eigenvalue weighted by Crippen LogP contribution is -2.41. The Morgan fingerprint density at radius 1 is 1.43 bits per heavy atom. The second-order valence-corrected chi connectivity index (χ2v) is 3.83. The van der Waals surface area contributed by atoms with Crippen molar-refractivity contribution in [2.24, 2.45) is 0 Å². The van der Waals surface area contributed by atoms with Gasteiger partial charge in [-0.3, -0.25) is 0 Å². The maximum atomic E-state index is 11.1. The number of hydrogen-bond acceptors (Lipinski definition) is 3. The predicted molar refractivity (Wildman–Crippen MR) is 47.4 cm³/mol. The number of urea groups is 1. The van der Waals surface area contributed by atoms with E-state index in [-0.39, 0.29) is 12.1 Å². The van der Waals surface area contributed by atoms with E-state index < -0.39 is 5.79 Å². The number of fused-ring (bicyclic) bond motifs is 1. The number of carbonyl (C=O) groups excluding carboxylic acids is 1. The Bertz CT molecular complexity index is 307. The second kappa shape index (κ2) is 2.71. The van der Waals surface area contributed by atoms with Gasteiger partial charge in [0.1, 0.15) is 0 Å². The summed E-state index contributed by atoms with van der Waals surface area (Å²) in [7, 11) is 0. The maximum absolute atomic E-state index is 11.1. The number of nitrogens with one attached hydrogen (secondary N) is 2. The van der Waals surface area contributed by atoms with Crippen molar-refractivity contribution in [3.05, 3.63) is 11.8 Å². The molecule has 1 atom stereocenters. The Balaban J connectivity index is 1.83. The fourth-order valence-corrected chi connectivity index (χ4v) is 2.24. The molecule has 2 heterocycles. The fourth-order valence-electron chi connectivity index (χ4n) is 2.24. The van der Waals surface area contributed by atoms with E-state index >= 15 is 0 Å². The molecule has 0 aromatic carbocycles. The highest BCUT2D eigenvalue weighted by Gasteiger charge is 2.44. The molecule has 5 heteroatoms. The third kappa shape index (κ3) is 1.13. The average Bonchev–Trinajstić information content (AvgIpc) is 2.72. The monoisotopic (exact) mass is 196 g/mol. The van der Waals surface area contributed by atoms with Gasteiger partial charge in [0.25, 0.3) is 0 Å². The molecular weight excluding hydrogens is 184 g/mol. The molecule has 2 saturated heterocycles. The highest BCUT2D eigenvalue weighted by atomic mass is 16.7. The van der Waals surface area contributed by atoms with Gasteiger partial charge in [-0.2, -0.15) is 0 Å². The van der Waals surface area contributed by atoms with Gasteiger partial charge in [-0.05, 0) is 0 Å². The second-order valence-electron chi connectivity index (χ2n) is 3.83. The topological polar surface area (TPSA) is 59.6 Å². The summed E-state index contributed by atoms with van der Waals surface area (Å²) in [6, 6.07) is -0.0920. The van der Waals surface area contributed by atoms with Crippen LogP contribution in [0.15, 0.2) is 11.8 Å². The van der Waals surface area contributed by atoms with Crippen LogP contribution in [0.5, 0.6) is 0 Å². The molecule has 1 spiro atoms. The van der Waals surface area contributed by atoms with Crippen molar-refractivity contribution < 1.29 is 14.3 Å². The Kier molecular flexibility index (Phi) is 1.60. The lowest BCUT2D eigenvalue weighted by Gasteiger charge is -2.32. The fraction of sp³-hybridized carbons (Fsp3) is 0.667. The first-order valence-corrected chi connectivity index (χ1v) is 4.83. The third-order valence-corrected chi connectivity index (χ3v) is 2.90. The Hall–Kier alpha value is -1.07. The molecule has 2 N–H and O–H groups in total. The summed E-state index contributed by atoms with van der Waals surface area (Å²) >= 11 is 0. The van der Waals surface area contributed by atoms with Crippen LogP contribution >= 0.6 is 0 Å². The first kappa shape index (κ1) is 8.26. The van der Waals surface area contributed by atoms with Crippen LogP contribution in [0, 0.1) is 0 Å². The van der Waals surface area contributed by atoms with Gasteiger partial charge in [-0.15, -0.1) is 0 Å². The minimum atomic E-state index is -0.479. The van der Waals surface area contributed by atoms with Gasteiger partial charge in [0.05, 0.1) is 19.3 Å².